The number of aliphatic carboxylic acids is 1. The summed E-state index contributed by atoms with van der Waals surface area (Å²) in [7, 11) is 0. The van der Waals surface area contributed by atoms with Crippen LogP contribution in [0.15, 0.2) is 40.3 Å². The highest BCUT2D eigenvalue weighted by molar-refractivity contribution is 5.95. The molecule has 4 amide bonds. The molecule has 0 bridgehead atoms. The van der Waals surface area contributed by atoms with Crippen molar-refractivity contribution >= 4 is 41.5 Å². The minimum absolute atomic E-state index is 0.00854. The van der Waals surface area contributed by atoms with Gasteiger partial charge in [0.25, 0.3) is 0 Å². The van der Waals surface area contributed by atoms with E-state index in [2.05, 4.69) is 25.9 Å². The van der Waals surface area contributed by atoms with E-state index in [-0.39, 0.29) is 57.1 Å². The fourth-order valence-corrected chi connectivity index (χ4v) is 3.73. The quantitative estimate of drug-likeness (QED) is 0.0420. The Kier molecular flexibility index (Phi) is 15.4. The third-order valence-corrected chi connectivity index (χ3v) is 5.81. The summed E-state index contributed by atoms with van der Waals surface area (Å²) in [5, 5.41) is 17.1. The number of guanidine groups is 2. The molecule has 17 nitrogen and oxygen atoms in total. The minimum atomic E-state index is -1.31. The Labute approximate surface area is 242 Å². The van der Waals surface area contributed by atoms with Gasteiger partial charge in [0.05, 0.1) is 12.5 Å². The lowest BCUT2D eigenvalue weighted by Crippen LogP contribution is -2.57. The third kappa shape index (κ3) is 14.5. The van der Waals surface area contributed by atoms with E-state index in [0.717, 1.165) is 0 Å². The Hall–Kier alpha value is -4.93. The third-order valence-electron chi connectivity index (χ3n) is 5.81. The monoisotopic (exact) mass is 591 g/mol. The molecule has 0 aliphatic rings. The molecule has 1 aromatic carbocycles. The van der Waals surface area contributed by atoms with Crippen molar-refractivity contribution in [1.29, 1.82) is 0 Å². The van der Waals surface area contributed by atoms with E-state index in [9.17, 15) is 29.1 Å². The van der Waals surface area contributed by atoms with E-state index in [1.54, 1.807) is 30.3 Å². The van der Waals surface area contributed by atoms with Crippen molar-refractivity contribution in [3.8, 4) is 0 Å². The normalized spacial score (nSPS) is 13.4. The Morgan fingerprint density at radius 2 is 1.19 bits per heavy atom. The Balaban J connectivity index is 3.15. The Morgan fingerprint density at radius 1 is 0.714 bits per heavy atom. The van der Waals surface area contributed by atoms with Gasteiger partial charge in [-0.1, -0.05) is 30.3 Å². The molecule has 42 heavy (non-hydrogen) atoms. The highest BCUT2D eigenvalue weighted by Gasteiger charge is 2.30. The van der Waals surface area contributed by atoms with E-state index in [1.807, 2.05) is 0 Å². The highest BCUT2D eigenvalue weighted by Crippen LogP contribution is 2.08. The Morgan fingerprint density at radius 3 is 1.69 bits per heavy atom. The van der Waals surface area contributed by atoms with Gasteiger partial charge in [-0.25, -0.2) is 4.79 Å². The van der Waals surface area contributed by atoms with Crippen LogP contribution in [0, 0.1) is 0 Å². The van der Waals surface area contributed by atoms with Crippen LogP contribution < -0.4 is 50.4 Å². The number of nitrogens with two attached hydrogens (primary N) is 6. The molecule has 0 aliphatic heterocycles. The van der Waals surface area contributed by atoms with Gasteiger partial charge in [0.15, 0.2) is 11.9 Å². The number of hydrogen-bond donors (Lipinski definition) is 10. The van der Waals surface area contributed by atoms with Gasteiger partial charge in [-0.2, -0.15) is 0 Å². The van der Waals surface area contributed by atoms with E-state index >= 15 is 0 Å². The highest BCUT2D eigenvalue weighted by atomic mass is 16.4. The second kappa shape index (κ2) is 18.4. The summed E-state index contributed by atoms with van der Waals surface area (Å²) in [6.07, 6.45) is 0.139. The maximum Gasteiger partial charge on any atom is 0.326 e. The van der Waals surface area contributed by atoms with Crippen molar-refractivity contribution < 1.29 is 29.1 Å². The molecule has 232 valence electrons. The predicted octanol–water partition coefficient (Wildman–Crippen LogP) is -3.92. The van der Waals surface area contributed by atoms with Crippen molar-refractivity contribution in [2.45, 2.75) is 62.7 Å². The number of aliphatic imine (C=N–C) groups is 2. The lowest BCUT2D eigenvalue weighted by molar-refractivity contribution is -0.142. The molecule has 17 heteroatoms. The Bertz CT molecular complexity index is 1120. The van der Waals surface area contributed by atoms with Crippen molar-refractivity contribution in [1.82, 2.24) is 16.0 Å². The summed E-state index contributed by atoms with van der Waals surface area (Å²) in [6.45, 7) is 0.300. The SMILES string of the molecule is NC(=O)CC(N)C(=O)NC(CCCN=C(N)N)C(=O)NC(Cc1ccccc1)C(=O)NC(CCCN=C(N)N)C(=O)O. The molecule has 0 saturated carbocycles. The molecular formula is C25H41N11O6. The second-order valence-corrected chi connectivity index (χ2v) is 9.39. The average molecular weight is 592 g/mol. The van der Waals surface area contributed by atoms with Gasteiger partial charge in [0, 0.05) is 19.5 Å². The van der Waals surface area contributed by atoms with Crippen LogP contribution in [0.4, 0.5) is 0 Å². The van der Waals surface area contributed by atoms with Crippen LogP contribution in [0.3, 0.4) is 0 Å². The number of rotatable bonds is 19. The first kappa shape index (κ1) is 35.1. The zero-order chi connectivity index (χ0) is 31.7. The summed E-state index contributed by atoms with van der Waals surface area (Å²) < 4.78 is 0. The number of amides is 4. The van der Waals surface area contributed by atoms with Crippen LogP contribution in [-0.4, -0.2) is 83.9 Å². The van der Waals surface area contributed by atoms with Gasteiger partial charge in [-0.3, -0.25) is 29.2 Å². The number of primary amides is 1. The number of carboxylic acids is 1. The minimum Gasteiger partial charge on any atom is -0.480 e. The van der Waals surface area contributed by atoms with Crippen LogP contribution in [0.5, 0.6) is 0 Å². The molecule has 1 aromatic rings. The van der Waals surface area contributed by atoms with Crippen LogP contribution in [0.1, 0.15) is 37.7 Å². The van der Waals surface area contributed by atoms with Crippen molar-refractivity contribution in [2.75, 3.05) is 13.1 Å². The summed E-state index contributed by atoms with van der Waals surface area (Å²) in [5.74, 6) is -4.73. The molecule has 1 rings (SSSR count). The van der Waals surface area contributed by atoms with Crippen LogP contribution in [0.25, 0.3) is 0 Å². The summed E-state index contributed by atoms with van der Waals surface area (Å²) in [4.78, 5) is 69.9. The molecule has 4 unspecified atom stereocenters. The maximum atomic E-state index is 13.4. The predicted molar refractivity (Wildman–Crippen MR) is 155 cm³/mol. The van der Waals surface area contributed by atoms with Crippen molar-refractivity contribution in [3.05, 3.63) is 35.9 Å². The summed E-state index contributed by atoms with van der Waals surface area (Å²) >= 11 is 0. The van der Waals surface area contributed by atoms with Gasteiger partial charge < -0.3 is 55.5 Å². The van der Waals surface area contributed by atoms with E-state index in [1.165, 1.54) is 0 Å². The molecule has 16 N–H and O–H groups in total. The smallest absolute Gasteiger partial charge is 0.326 e. The lowest BCUT2D eigenvalue weighted by Gasteiger charge is -2.25. The molecule has 0 spiro atoms. The van der Waals surface area contributed by atoms with Gasteiger partial charge in [-0.15, -0.1) is 0 Å². The fraction of sp³-hybridized carbons (Fsp3) is 0.480. The number of nitrogens with one attached hydrogen (secondary N) is 3. The number of benzene rings is 1. The van der Waals surface area contributed by atoms with Crippen LogP contribution in [0.2, 0.25) is 0 Å². The largest absolute Gasteiger partial charge is 0.480 e. The number of hydrogen-bond acceptors (Lipinski definition) is 8. The van der Waals surface area contributed by atoms with Crippen molar-refractivity contribution in [2.24, 2.45) is 44.4 Å². The number of nitrogens with zero attached hydrogens (tertiary/aromatic N) is 2. The maximum absolute atomic E-state index is 13.4. The van der Waals surface area contributed by atoms with Gasteiger partial charge in [0.1, 0.15) is 18.1 Å². The molecule has 0 saturated heterocycles. The number of carbonyl (C=O) groups is 5. The standard InChI is InChI=1S/C25H41N11O6/c26-15(13-19(27)37)20(38)34-16(8-4-10-32-24(28)29)21(39)36-18(12-14-6-2-1-3-7-14)22(40)35-17(23(41)42)9-5-11-33-25(30)31/h1-3,6-7,15-18H,4-5,8-13,26H2,(H2,27,37)(H,34,38)(H,35,40)(H,36,39)(H,41,42)(H4,28,29,32)(H4,30,31,33). The first-order valence-electron chi connectivity index (χ1n) is 13.1. The lowest BCUT2D eigenvalue weighted by atomic mass is 10.0. The molecule has 0 radical (unpaired) electrons. The molecule has 0 fully saturated rings. The van der Waals surface area contributed by atoms with E-state index in [0.29, 0.717) is 5.56 Å². The van der Waals surface area contributed by atoms with Gasteiger partial charge in [-0.05, 0) is 31.2 Å². The van der Waals surface area contributed by atoms with Crippen LogP contribution in [-0.2, 0) is 30.4 Å². The molecule has 0 heterocycles. The molecule has 4 atom stereocenters. The fourth-order valence-electron chi connectivity index (χ4n) is 3.73. The average Bonchev–Trinajstić information content (AvgIpc) is 2.91. The first-order chi connectivity index (χ1) is 19.8. The van der Waals surface area contributed by atoms with Crippen LogP contribution >= 0.6 is 0 Å². The number of carbonyl (C=O) groups excluding carboxylic acids is 4. The number of carboxylic acid groups (broad SMARTS) is 1. The first-order valence-corrected chi connectivity index (χ1v) is 13.1. The second-order valence-electron chi connectivity index (χ2n) is 9.39. The van der Waals surface area contributed by atoms with Gasteiger partial charge in [0.2, 0.25) is 23.6 Å². The zero-order valence-electron chi connectivity index (χ0n) is 23.2. The molecular weight excluding hydrogens is 550 g/mol. The van der Waals surface area contributed by atoms with Gasteiger partial charge >= 0.3 is 5.97 Å². The zero-order valence-corrected chi connectivity index (χ0v) is 23.2. The van der Waals surface area contributed by atoms with E-state index in [4.69, 9.17) is 34.4 Å². The molecule has 0 aromatic heterocycles. The molecule has 0 aliphatic carbocycles. The van der Waals surface area contributed by atoms with E-state index < -0.39 is 60.2 Å². The summed E-state index contributed by atoms with van der Waals surface area (Å²) in [5.41, 5.74) is 32.7. The topological polar surface area (TPSA) is 323 Å². The van der Waals surface area contributed by atoms with Crippen molar-refractivity contribution in [3.63, 3.8) is 0 Å². The summed E-state index contributed by atoms with van der Waals surface area (Å²) in [6, 6.07) is 3.68.